The third-order valence-corrected chi connectivity index (χ3v) is 3.62. The first-order valence-corrected chi connectivity index (χ1v) is 6.62. The summed E-state index contributed by atoms with van der Waals surface area (Å²) >= 11 is 6.19. The van der Waals surface area contributed by atoms with Crippen molar-refractivity contribution < 1.29 is 8.78 Å². The maximum atomic E-state index is 13.7. The van der Waals surface area contributed by atoms with Crippen molar-refractivity contribution in [2.24, 2.45) is 0 Å². The smallest absolute Gasteiger partial charge is 0.131 e. The first kappa shape index (κ1) is 14.0. The molecule has 0 heterocycles. The highest BCUT2D eigenvalue weighted by atomic mass is 35.5. The average molecular weight is 281 g/mol. The Kier molecular flexibility index (Phi) is 4.20. The third-order valence-electron chi connectivity index (χ3n) is 3.15. The van der Waals surface area contributed by atoms with Crippen LogP contribution < -0.4 is 0 Å². The quantitative estimate of drug-likeness (QED) is 0.659. The molecule has 0 radical (unpaired) electrons. The van der Waals surface area contributed by atoms with E-state index in [1.165, 1.54) is 23.8 Å². The molecule has 0 aliphatic rings. The average Bonchev–Trinajstić information content (AvgIpc) is 2.38. The molecule has 3 heteroatoms. The highest BCUT2D eigenvalue weighted by Gasteiger charge is 2.19. The molecule has 1 atom stereocenters. The van der Waals surface area contributed by atoms with Gasteiger partial charge in [-0.25, -0.2) is 8.78 Å². The van der Waals surface area contributed by atoms with Gasteiger partial charge in [-0.15, -0.1) is 11.6 Å². The van der Waals surface area contributed by atoms with Crippen molar-refractivity contribution in [1.82, 2.24) is 0 Å². The second kappa shape index (κ2) is 5.70. The molecule has 0 amide bonds. The van der Waals surface area contributed by atoms with Crippen molar-refractivity contribution in [2.75, 3.05) is 0 Å². The van der Waals surface area contributed by atoms with Crippen molar-refractivity contribution >= 4 is 11.6 Å². The van der Waals surface area contributed by atoms with E-state index in [-0.39, 0.29) is 5.56 Å². The standard InChI is InChI=1S/C16H15ClF2/c1-10(2)11-6-8-12(9-7-11)16(17)15-13(18)4-3-5-14(15)19/h3-10,16H,1-2H3. The molecule has 0 nitrogen and oxygen atoms in total. The van der Waals surface area contributed by atoms with E-state index < -0.39 is 17.0 Å². The zero-order valence-electron chi connectivity index (χ0n) is 10.8. The molecule has 1 unspecified atom stereocenters. The highest BCUT2D eigenvalue weighted by Crippen LogP contribution is 2.33. The lowest BCUT2D eigenvalue weighted by Gasteiger charge is -2.13. The molecule has 0 fully saturated rings. The predicted octanol–water partition coefficient (Wildman–Crippen LogP) is 5.42. The summed E-state index contributed by atoms with van der Waals surface area (Å²) in [6.07, 6.45) is 0. The monoisotopic (exact) mass is 280 g/mol. The van der Waals surface area contributed by atoms with Crippen LogP contribution in [0.3, 0.4) is 0 Å². The van der Waals surface area contributed by atoms with Crippen molar-refractivity contribution in [2.45, 2.75) is 25.1 Å². The van der Waals surface area contributed by atoms with Gasteiger partial charge in [-0.2, -0.15) is 0 Å². The molecule has 0 aliphatic heterocycles. The zero-order chi connectivity index (χ0) is 14.0. The van der Waals surface area contributed by atoms with Gasteiger partial charge in [-0.3, -0.25) is 0 Å². The molecule has 0 bridgehead atoms. The molecule has 0 saturated heterocycles. The van der Waals surface area contributed by atoms with E-state index in [2.05, 4.69) is 13.8 Å². The molecule has 2 aromatic carbocycles. The van der Waals surface area contributed by atoms with E-state index >= 15 is 0 Å². The normalized spacial score (nSPS) is 12.7. The molecule has 2 aromatic rings. The van der Waals surface area contributed by atoms with Gasteiger partial charge in [0.1, 0.15) is 11.6 Å². The summed E-state index contributed by atoms with van der Waals surface area (Å²) in [5.41, 5.74) is 1.76. The number of halogens is 3. The Balaban J connectivity index is 2.36. The SMILES string of the molecule is CC(C)c1ccc(C(Cl)c2c(F)cccc2F)cc1. The highest BCUT2D eigenvalue weighted by molar-refractivity contribution is 6.22. The fourth-order valence-corrected chi connectivity index (χ4v) is 2.32. The summed E-state index contributed by atoms with van der Waals surface area (Å²) in [4.78, 5) is 0. The van der Waals surface area contributed by atoms with Gasteiger partial charge in [0.05, 0.1) is 5.38 Å². The van der Waals surface area contributed by atoms with Gasteiger partial charge in [0, 0.05) is 5.56 Å². The summed E-state index contributed by atoms with van der Waals surface area (Å²) in [5, 5.41) is -0.817. The Morgan fingerprint density at radius 1 is 0.842 bits per heavy atom. The van der Waals surface area contributed by atoms with Crippen molar-refractivity contribution in [3.05, 3.63) is 70.8 Å². The third kappa shape index (κ3) is 2.95. The van der Waals surface area contributed by atoms with Crippen LogP contribution in [0, 0.1) is 11.6 Å². The molecular weight excluding hydrogens is 266 g/mol. The van der Waals surface area contributed by atoms with E-state index in [0.29, 0.717) is 11.5 Å². The van der Waals surface area contributed by atoms with E-state index in [1.807, 2.05) is 24.3 Å². The van der Waals surface area contributed by atoms with Gasteiger partial charge in [-0.05, 0) is 29.2 Å². The Bertz CT molecular complexity index is 541. The maximum Gasteiger partial charge on any atom is 0.131 e. The Hall–Kier alpha value is -1.41. The van der Waals surface area contributed by atoms with Gasteiger partial charge in [0.2, 0.25) is 0 Å². The molecule has 0 saturated carbocycles. The lowest BCUT2D eigenvalue weighted by Crippen LogP contribution is -2.01. The molecule has 19 heavy (non-hydrogen) atoms. The molecule has 0 aromatic heterocycles. The summed E-state index contributed by atoms with van der Waals surface area (Å²) in [6, 6.07) is 11.3. The predicted molar refractivity (Wildman–Crippen MR) is 74.6 cm³/mol. The van der Waals surface area contributed by atoms with Crippen LogP contribution in [0.5, 0.6) is 0 Å². The zero-order valence-corrected chi connectivity index (χ0v) is 11.6. The van der Waals surface area contributed by atoms with E-state index in [9.17, 15) is 8.78 Å². The largest absolute Gasteiger partial charge is 0.207 e. The number of hydrogen-bond donors (Lipinski definition) is 0. The van der Waals surface area contributed by atoms with Gasteiger partial charge >= 0.3 is 0 Å². The Morgan fingerprint density at radius 2 is 1.32 bits per heavy atom. The number of alkyl halides is 1. The molecular formula is C16H15ClF2. The lowest BCUT2D eigenvalue weighted by molar-refractivity contribution is 0.559. The first-order chi connectivity index (χ1) is 9.00. The van der Waals surface area contributed by atoms with Gasteiger partial charge in [0.15, 0.2) is 0 Å². The summed E-state index contributed by atoms with van der Waals surface area (Å²) in [6.45, 7) is 4.17. The first-order valence-electron chi connectivity index (χ1n) is 6.18. The second-order valence-corrected chi connectivity index (χ2v) is 5.26. The van der Waals surface area contributed by atoms with Crippen LogP contribution in [0.2, 0.25) is 0 Å². The van der Waals surface area contributed by atoms with Crippen LogP contribution in [0.15, 0.2) is 42.5 Å². The molecule has 100 valence electrons. The maximum absolute atomic E-state index is 13.7. The van der Waals surface area contributed by atoms with E-state index in [4.69, 9.17) is 11.6 Å². The molecule has 0 aliphatic carbocycles. The minimum atomic E-state index is -0.817. The second-order valence-electron chi connectivity index (χ2n) is 4.82. The van der Waals surface area contributed by atoms with Crippen LogP contribution in [0.1, 0.15) is 41.8 Å². The van der Waals surface area contributed by atoms with Crippen molar-refractivity contribution in [1.29, 1.82) is 0 Å². The summed E-state index contributed by atoms with van der Waals surface area (Å²) in [7, 11) is 0. The topological polar surface area (TPSA) is 0 Å². The van der Waals surface area contributed by atoms with E-state index in [0.717, 1.165) is 0 Å². The fourth-order valence-electron chi connectivity index (χ4n) is 1.97. The number of benzene rings is 2. The Morgan fingerprint density at radius 3 is 1.79 bits per heavy atom. The number of hydrogen-bond acceptors (Lipinski definition) is 0. The fraction of sp³-hybridized carbons (Fsp3) is 0.250. The van der Waals surface area contributed by atoms with Crippen LogP contribution in [0.4, 0.5) is 8.78 Å². The van der Waals surface area contributed by atoms with Gasteiger partial charge in [0.25, 0.3) is 0 Å². The minimum absolute atomic E-state index is 0.0959. The van der Waals surface area contributed by atoms with Crippen LogP contribution in [-0.2, 0) is 0 Å². The van der Waals surface area contributed by atoms with Crippen LogP contribution >= 0.6 is 11.6 Å². The van der Waals surface area contributed by atoms with E-state index in [1.54, 1.807) is 0 Å². The Labute approximate surface area is 117 Å². The number of rotatable bonds is 3. The van der Waals surface area contributed by atoms with Gasteiger partial charge < -0.3 is 0 Å². The van der Waals surface area contributed by atoms with Crippen molar-refractivity contribution in [3.63, 3.8) is 0 Å². The molecule has 2 rings (SSSR count). The minimum Gasteiger partial charge on any atom is -0.207 e. The molecule has 0 spiro atoms. The lowest BCUT2D eigenvalue weighted by atomic mass is 9.98. The van der Waals surface area contributed by atoms with Crippen LogP contribution in [0.25, 0.3) is 0 Å². The summed E-state index contributed by atoms with van der Waals surface area (Å²) < 4.78 is 27.3. The van der Waals surface area contributed by atoms with Crippen molar-refractivity contribution in [3.8, 4) is 0 Å². The summed E-state index contributed by atoms with van der Waals surface area (Å²) in [5.74, 6) is -0.825. The molecule has 0 N–H and O–H groups in total. The van der Waals surface area contributed by atoms with Gasteiger partial charge in [-0.1, -0.05) is 44.2 Å². The van der Waals surface area contributed by atoms with Crippen LogP contribution in [-0.4, -0.2) is 0 Å².